The van der Waals surface area contributed by atoms with Crippen LogP contribution in [-0.4, -0.2) is 17.8 Å². The molecule has 0 aromatic carbocycles. The normalized spacial score (nSPS) is 30.1. The van der Waals surface area contributed by atoms with E-state index in [1.54, 1.807) is 0 Å². The molecule has 0 heterocycles. The van der Waals surface area contributed by atoms with E-state index in [0.29, 0.717) is 17.2 Å². The van der Waals surface area contributed by atoms with Gasteiger partial charge in [-0.2, -0.15) is 0 Å². The standard InChI is InChI=1S/C15H26ClNO/c16-14-8-4-7-13(9-14)11-17-15(18)10-12-5-2-1-3-6-12/h12-14H,1-11H2,(H,17,18). The van der Waals surface area contributed by atoms with Gasteiger partial charge >= 0.3 is 0 Å². The minimum atomic E-state index is 0.263. The smallest absolute Gasteiger partial charge is 0.220 e. The van der Waals surface area contributed by atoms with Crippen LogP contribution in [0.2, 0.25) is 0 Å². The summed E-state index contributed by atoms with van der Waals surface area (Å²) in [6.45, 7) is 0.842. The summed E-state index contributed by atoms with van der Waals surface area (Å²) >= 11 is 6.17. The van der Waals surface area contributed by atoms with Crippen LogP contribution in [0.1, 0.15) is 64.2 Å². The zero-order chi connectivity index (χ0) is 12.8. The van der Waals surface area contributed by atoms with E-state index in [0.717, 1.165) is 25.8 Å². The molecule has 2 aliphatic rings. The average Bonchev–Trinajstić information content (AvgIpc) is 2.38. The maximum Gasteiger partial charge on any atom is 0.220 e. The summed E-state index contributed by atoms with van der Waals surface area (Å²) in [5.74, 6) is 1.51. The van der Waals surface area contributed by atoms with Crippen LogP contribution in [0.3, 0.4) is 0 Å². The van der Waals surface area contributed by atoms with Crippen LogP contribution in [-0.2, 0) is 4.79 Å². The van der Waals surface area contributed by atoms with Crippen molar-refractivity contribution < 1.29 is 4.79 Å². The predicted octanol–water partition coefficient (Wildman–Crippen LogP) is 3.87. The lowest BCUT2D eigenvalue weighted by Crippen LogP contribution is -2.33. The Morgan fingerprint density at radius 3 is 2.44 bits per heavy atom. The third kappa shape index (κ3) is 4.79. The molecule has 0 aromatic heterocycles. The highest BCUT2D eigenvalue weighted by Gasteiger charge is 2.21. The van der Waals surface area contributed by atoms with Gasteiger partial charge in [-0.3, -0.25) is 4.79 Å². The first kappa shape index (κ1) is 14.2. The molecule has 2 atom stereocenters. The number of rotatable bonds is 4. The van der Waals surface area contributed by atoms with Crippen molar-refractivity contribution >= 4 is 17.5 Å². The Morgan fingerprint density at radius 1 is 1.00 bits per heavy atom. The van der Waals surface area contributed by atoms with Gasteiger partial charge in [0.05, 0.1) is 0 Å². The van der Waals surface area contributed by atoms with Gasteiger partial charge in [0.1, 0.15) is 0 Å². The maximum atomic E-state index is 11.9. The van der Waals surface area contributed by atoms with Crippen molar-refractivity contribution in [2.24, 2.45) is 11.8 Å². The first-order valence-corrected chi connectivity index (χ1v) is 8.08. The topological polar surface area (TPSA) is 29.1 Å². The Morgan fingerprint density at radius 2 is 1.72 bits per heavy atom. The highest BCUT2D eigenvalue weighted by molar-refractivity contribution is 6.20. The van der Waals surface area contributed by atoms with Crippen LogP contribution < -0.4 is 5.32 Å². The van der Waals surface area contributed by atoms with Crippen molar-refractivity contribution in [2.75, 3.05) is 6.54 Å². The van der Waals surface area contributed by atoms with E-state index in [-0.39, 0.29) is 5.91 Å². The third-order valence-corrected chi connectivity index (χ3v) is 4.90. The van der Waals surface area contributed by atoms with Gasteiger partial charge in [0.15, 0.2) is 0 Å². The molecule has 0 aliphatic heterocycles. The van der Waals surface area contributed by atoms with Crippen molar-refractivity contribution in [1.82, 2.24) is 5.32 Å². The second-order valence-electron chi connectivity index (χ2n) is 6.14. The molecule has 0 spiro atoms. The molecule has 0 bridgehead atoms. The van der Waals surface area contributed by atoms with E-state index >= 15 is 0 Å². The number of carbonyl (C=O) groups is 1. The molecular weight excluding hydrogens is 246 g/mol. The van der Waals surface area contributed by atoms with Crippen molar-refractivity contribution in [3.8, 4) is 0 Å². The molecule has 18 heavy (non-hydrogen) atoms. The Bertz CT molecular complexity index is 263. The fourth-order valence-electron chi connectivity index (χ4n) is 3.39. The summed E-state index contributed by atoms with van der Waals surface area (Å²) in [5.41, 5.74) is 0. The summed E-state index contributed by atoms with van der Waals surface area (Å²) in [7, 11) is 0. The largest absolute Gasteiger partial charge is 0.356 e. The van der Waals surface area contributed by atoms with Gasteiger partial charge in [-0.25, -0.2) is 0 Å². The molecule has 2 fully saturated rings. The zero-order valence-electron chi connectivity index (χ0n) is 11.3. The lowest BCUT2D eigenvalue weighted by Gasteiger charge is -2.26. The Balaban J connectivity index is 1.61. The molecular formula is C15H26ClNO. The first-order chi connectivity index (χ1) is 8.74. The molecule has 2 saturated carbocycles. The van der Waals surface area contributed by atoms with Crippen molar-refractivity contribution in [2.45, 2.75) is 69.6 Å². The van der Waals surface area contributed by atoms with E-state index in [4.69, 9.17) is 11.6 Å². The molecule has 3 heteroatoms. The predicted molar refractivity (Wildman–Crippen MR) is 75.8 cm³/mol. The molecule has 2 unspecified atom stereocenters. The highest BCUT2D eigenvalue weighted by Crippen LogP contribution is 2.28. The van der Waals surface area contributed by atoms with Gasteiger partial charge in [0.2, 0.25) is 5.91 Å². The summed E-state index contributed by atoms with van der Waals surface area (Å²) < 4.78 is 0. The monoisotopic (exact) mass is 271 g/mol. The molecule has 104 valence electrons. The van der Waals surface area contributed by atoms with E-state index in [1.165, 1.54) is 44.9 Å². The molecule has 2 rings (SSSR count). The van der Waals surface area contributed by atoms with Gasteiger partial charge in [-0.05, 0) is 43.9 Å². The van der Waals surface area contributed by atoms with Gasteiger partial charge in [0.25, 0.3) is 0 Å². The quantitative estimate of drug-likeness (QED) is 0.773. The van der Waals surface area contributed by atoms with Crippen molar-refractivity contribution in [3.63, 3.8) is 0 Å². The number of hydrogen-bond acceptors (Lipinski definition) is 1. The lowest BCUT2D eigenvalue weighted by atomic mass is 9.86. The fraction of sp³-hybridized carbons (Fsp3) is 0.933. The molecule has 2 nitrogen and oxygen atoms in total. The highest BCUT2D eigenvalue weighted by atomic mass is 35.5. The van der Waals surface area contributed by atoms with Gasteiger partial charge in [-0.15, -0.1) is 11.6 Å². The third-order valence-electron chi connectivity index (χ3n) is 4.51. The molecule has 2 aliphatic carbocycles. The molecule has 0 saturated heterocycles. The number of carbonyl (C=O) groups excluding carboxylic acids is 1. The van der Waals surface area contributed by atoms with E-state index < -0.39 is 0 Å². The van der Waals surface area contributed by atoms with Crippen LogP contribution in [0.15, 0.2) is 0 Å². The molecule has 0 aromatic rings. The van der Waals surface area contributed by atoms with Crippen molar-refractivity contribution in [3.05, 3.63) is 0 Å². The van der Waals surface area contributed by atoms with E-state index in [1.807, 2.05) is 0 Å². The summed E-state index contributed by atoms with van der Waals surface area (Å²) in [6.07, 6.45) is 11.9. The second kappa shape index (κ2) is 7.37. The molecule has 0 radical (unpaired) electrons. The number of amides is 1. The lowest BCUT2D eigenvalue weighted by molar-refractivity contribution is -0.122. The molecule has 1 amide bonds. The number of hydrogen-bond donors (Lipinski definition) is 1. The number of nitrogens with one attached hydrogen (secondary N) is 1. The zero-order valence-corrected chi connectivity index (χ0v) is 12.1. The average molecular weight is 272 g/mol. The summed E-state index contributed by atoms with van der Waals surface area (Å²) in [5, 5.41) is 3.46. The second-order valence-corrected chi connectivity index (χ2v) is 6.76. The Labute approximate surface area is 116 Å². The minimum Gasteiger partial charge on any atom is -0.356 e. The SMILES string of the molecule is O=C(CC1CCCCC1)NCC1CCCC(Cl)C1. The van der Waals surface area contributed by atoms with Gasteiger partial charge < -0.3 is 5.32 Å². The minimum absolute atomic E-state index is 0.263. The molecule has 1 N–H and O–H groups in total. The van der Waals surface area contributed by atoms with Crippen LogP contribution in [0.25, 0.3) is 0 Å². The Hall–Kier alpha value is -0.240. The first-order valence-electron chi connectivity index (χ1n) is 7.65. The van der Waals surface area contributed by atoms with Crippen LogP contribution in [0, 0.1) is 11.8 Å². The Kier molecular flexibility index (Phi) is 5.81. The van der Waals surface area contributed by atoms with Crippen LogP contribution in [0.5, 0.6) is 0 Å². The summed E-state index contributed by atoms with van der Waals surface area (Å²) in [6, 6.07) is 0. The number of halogens is 1. The van der Waals surface area contributed by atoms with Crippen LogP contribution in [0.4, 0.5) is 0 Å². The van der Waals surface area contributed by atoms with Gasteiger partial charge in [-0.1, -0.05) is 25.7 Å². The fourth-order valence-corrected chi connectivity index (χ4v) is 3.80. The van der Waals surface area contributed by atoms with E-state index in [2.05, 4.69) is 5.32 Å². The maximum absolute atomic E-state index is 11.9. The van der Waals surface area contributed by atoms with Gasteiger partial charge in [0, 0.05) is 18.3 Å². The summed E-state index contributed by atoms with van der Waals surface area (Å²) in [4.78, 5) is 11.9. The van der Waals surface area contributed by atoms with E-state index in [9.17, 15) is 4.79 Å². The van der Waals surface area contributed by atoms with Crippen molar-refractivity contribution in [1.29, 1.82) is 0 Å². The van der Waals surface area contributed by atoms with Crippen LogP contribution >= 0.6 is 11.6 Å². The number of alkyl halides is 1.